The third-order valence-electron chi connectivity index (χ3n) is 3.49. The Morgan fingerprint density at radius 3 is 2.56 bits per heavy atom. The lowest BCUT2D eigenvalue weighted by Gasteiger charge is -2.20. The fourth-order valence-electron chi connectivity index (χ4n) is 2.37. The van der Waals surface area contributed by atoms with E-state index in [0.29, 0.717) is 16.9 Å². The third-order valence-corrected chi connectivity index (χ3v) is 3.79. The molecule has 1 aliphatic rings. The van der Waals surface area contributed by atoms with Crippen molar-refractivity contribution in [2.45, 2.75) is 13.2 Å². The van der Waals surface area contributed by atoms with E-state index >= 15 is 0 Å². The highest BCUT2D eigenvalue weighted by molar-refractivity contribution is 6.32. The van der Waals surface area contributed by atoms with Crippen LogP contribution in [0.2, 0.25) is 5.02 Å². The quantitative estimate of drug-likeness (QED) is 0.586. The van der Waals surface area contributed by atoms with Crippen molar-refractivity contribution >= 4 is 23.0 Å². The number of halogens is 1. The van der Waals surface area contributed by atoms with Gasteiger partial charge in [-0.2, -0.15) is 0 Å². The van der Waals surface area contributed by atoms with E-state index in [-0.39, 0.29) is 42.2 Å². The SMILES string of the molecule is O=[N+]([O-])c1ccc(OCc2cc([N+](=O)[O-])cc3c2OCOC3)c(Cl)c1. The van der Waals surface area contributed by atoms with Crippen molar-refractivity contribution in [2.24, 2.45) is 0 Å². The van der Waals surface area contributed by atoms with E-state index in [1.54, 1.807) is 0 Å². The first-order valence-corrected chi connectivity index (χ1v) is 7.41. The number of hydrogen-bond donors (Lipinski definition) is 0. The first-order valence-electron chi connectivity index (χ1n) is 7.03. The highest BCUT2D eigenvalue weighted by Crippen LogP contribution is 2.35. The molecule has 130 valence electrons. The molecule has 1 aliphatic heterocycles. The van der Waals surface area contributed by atoms with Crippen LogP contribution in [0.1, 0.15) is 11.1 Å². The van der Waals surface area contributed by atoms with Gasteiger partial charge in [-0.1, -0.05) is 11.6 Å². The van der Waals surface area contributed by atoms with Crippen LogP contribution in [0.15, 0.2) is 30.3 Å². The smallest absolute Gasteiger partial charge is 0.271 e. The van der Waals surface area contributed by atoms with Crippen LogP contribution in [0.25, 0.3) is 0 Å². The highest BCUT2D eigenvalue weighted by atomic mass is 35.5. The van der Waals surface area contributed by atoms with E-state index in [2.05, 4.69) is 0 Å². The highest BCUT2D eigenvalue weighted by Gasteiger charge is 2.21. The molecule has 1 heterocycles. The van der Waals surface area contributed by atoms with Gasteiger partial charge in [0.2, 0.25) is 0 Å². The van der Waals surface area contributed by atoms with Gasteiger partial charge in [0.1, 0.15) is 18.1 Å². The van der Waals surface area contributed by atoms with Crippen LogP contribution in [0, 0.1) is 20.2 Å². The van der Waals surface area contributed by atoms with Gasteiger partial charge in [0.15, 0.2) is 6.79 Å². The minimum atomic E-state index is -0.569. The third kappa shape index (κ3) is 3.62. The molecule has 2 aromatic carbocycles. The molecule has 0 spiro atoms. The maximum atomic E-state index is 11.1. The topological polar surface area (TPSA) is 114 Å². The summed E-state index contributed by atoms with van der Waals surface area (Å²) < 4.78 is 16.1. The molecule has 0 unspecified atom stereocenters. The van der Waals surface area contributed by atoms with E-state index in [1.807, 2.05) is 0 Å². The van der Waals surface area contributed by atoms with Crippen LogP contribution in [0.5, 0.6) is 11.5 Å². The predicted octanol–water partition coefficient (Wildman–Crippen LogP) is 3.60. The average Bonchev–Trinajstić information content (AvgIpc) is 2.60. The fourth-order valence-corrected chi connectivity index (χ4v) is 2.60. The zero-order chi connectivity index (χ0) is 18.0. The minimum Gasteiger partial charge on any atom is -0.487 e. The standard InChI is InChI=1S/C15H11ClN2O7/c16-13-5-11(17(19)20)1-2-14(13)24-7-10-4-12(18(21)22)3-9-6-23-8-25-15(9)10/h1-5H,6-8H2. The summed E-state index contributed by atoms with van der Waals surface area (Å²) in [5.74, 6) is 0.689. The number of nitrogens with zero attached hydrogens (tertiary/aromatic N) is 2. The summed E-state index contributed by atoms with van der Waals surface area (Å²) >= 11 is 5.98. The van der Waals surface area contributed by atoms with Gasteiger partial charge in [0.05, 0.1) is 21.5 Å². The van der Waals surface area contributed by atoms with Crippen LogP contribution < -0.4 is 9.47 Å². The lowest BCUT2D eigenvalue weighted by Crippen LogP contribution is -2.14. The minimum absolute atomic E-state index is 0.0378. The molecule has 0 fully saturated rings. The summed E-state index contributed by atoms with van der Waals surface area (Å²) in [4.78, 5) is 20.7. The van der Waals surface area contributed by atoms with Gasteiger partial charge in [0.25, 0.3) is 11.4 Å². The molecule has 0 saturated carbocycles. The van der Waals surface area contributed by atoms with Crippen molar-refractivity contribution in [1.29, 1.82) is 0 Å². The lowest BCUT2D eigenvalue weighted by atomic mass is 10.1. The van der Waals surface area contributed by atoms with Gasteiger partial charge in [-0.3, -0.25) is 20.2 Å². The van der Waals surface area contributed by atoms with E-state index in [0.717, 1.165) is 0 Å². The second-order valence-electron chi connectivity index (χ2n) is 5.12. The Balaban J connectivity index is 1.87. The first-order chi connectivity index (χ1) is 12.0. The molecule has 0 atom stereocenters. The van der Waals surface area contributed by atoms with Gasteiger partial charge in [-0.15, -0.1) is 0 Å². The summed E-state index contributed by atoms with van der Waals surface area (Å²) in [6.07, 6.45) is 0. The van der Waals surface area contributed by atoms with Crippen LogP contribution in [0.4, 0.5) is 11.4 Å². The van der Waals surface area contributed by atoms with Gasteiger partial charge in [-0.05, 0) is 6.07 Å². The molecule has 0 radical (unpaired) electrons. The molecule has 9 nitrogen and oxygen atoms in total. The number of benzene rings is 2. The van der Waals surface area contributed by atoms with Crippen molar-refractivity contribution in [3.63, 3.8) is 0 Å². The number of rotatable bonds is 5. The zero-order valence-electron chi connectivity index (χ0n) is 12.6. The number of nitro benzene ring substituents is 2. The molecule has 0 bridgehead atoms. The van der Waals surface area contributed by atoms with Crippen molar-refractivity contribution < 1.29 is 24.1 Å². The molecule has 0 saturated heterocycles. The normalized spacial score (nSPS) is 12.8. The molecule has 25 heavy (non-hydrogen) atoms. The maximum absolute atomic E-state index is 11.1. The van der Waals surface area contributed by atoms with Crippen LogP contribution in [0.3, 0.4) is 0 Å². The van der Waals surface area contributed by atoms with E-state index in [1.165, 1.54) is 30.3 Å². The van der Waals surface area contributed by atoms with E-state index in [9.17, 15) is 20.2 Å². The summed E-state index contributed by atoms with van der Waals surface area (Å²) in [6, 6.07) is 6.53. The Hall–Kier alpha value is -2.91. The zero-order valence-corrected chi connectivity index (χ0v) is 13.4. The average molecular weight is 367 g/mol. The molecular weight excluding hydrogens is 356 g/mol. The summed E-state index contributed by atoms with van der Waals surface area (Å²) in [5.41, 5.74) is 0.738. The molecular formula is C15H11ClN2O7. The van der Waals surface area contributed by atoms with Gasteiger partial charge in [0, 0.05) is 35.4 Å². The number of hydrogen-bond acceptors (Lipinski definition) is 7. The monoisotopic (exact) mass is 366 g/mol. The Morgan fingerprint density at radius 1 is 1.12 bits per heavy atom. The Labute approximate surface area is 146 Å². The van der Waals surface area contributed by atoms with Crippen LogP contribution >= 0.6 is 11.6 Å². The second-order valence-corrected chi connectivity index (χ2v) is 5.53. The summed E-state index contributed by atoms with van der Waals surface area (Å²) in [5, 5.41) is 21.9. The molecule has 3 rings (SSSR count). The largest absolute Gasteiger partial charge is 0.487 e. The van der Waals surface area contributed by atoms with Crippen LogP contribution in [-0.4, -0.2) is 16.6 Å². The molecule has 10 heteroatoms. The summed E-state index contributed by atoms with van der Waals surface area (Å²) in [6.45, 7) is 0.181. The van der Waals surface area contributed by atoms with Crippen LogP contribution in [-0.2, 0) is 18.0 Å². The maximum Gasteiger partial charge on any atom is 0.271 e. The van der Waals surface area contributed by atoms with Gasteiger partial charge in [-0.25, -0.2) is 0 Å². The first kappa shape index (κ1) is 16.9. The van der Waals surface area contributed by atoms with Crippen molar-refractivity contribution in [1.82, 2.24) is 0 Å². The fraction of sp³-hybridized carbons (Fsp3) is 0.200. The number of fused-ring (bicyclic) bond motifs is 1. The second kappa shape index (κ2) is 6.91. The number of ether oxygens (including phenoxy) is 3. The number of nitro groups is 2. The molecule has 0 N–H and O–H groups in total. The number of non-ortho nitro benzene ring substituents is 2. The van der Waals surface area contributed by atoms with Crippen molar-refractivity contribution in [2.75, 3.05) is 6.79 Å². The van der Waals surface area contributed by atoms with Gasteiger partial charge < -0.3 is 14.2 Å². The Bertz CT molecular complexity index is 856. The van der Waals surface area contributed by atoms with Crippen molar-refractivity contribution in [3.05, 3.63) is 66.7 Å². The van der Waals surface area contributed by atoms with Crippen molar-refractivity contribution in [3.8, 4) is 11.5 Å². The predicted molar refractivity (Wildman–Crippen MR) is 85.8 cm³/mol. The van der Waals surface area contributed by atoms with Gasteiger partial charge >= 0.3 is 0 Å². The molecule has 0 amide bonds. The van der Waals surface area contributed by atoms with E-state index in [4.69, 9.17) is 25.8 Å². The Morgan fingerprint density at radius 2 is 1.88 bits per heavy atom. The molecule has 0 aliphatic carbocycles. The Kier molecular flexibility index (Phi) is 4.68. The molecule has 2 aromatic rings. The summed E-state index contributed by atoms with van der Waals surface area (Å²) in [7, 11) is 0. The lowest BCUT2D eigenvalue weighted by molar-refractivity contribution is -0.385. The molecule has 0 aromatic heterocycles. The van der Waals surface area contributed by atoms with E-state index < -0.39 is 9.85 Å².